The highest BCUT2D eigenvalue weighted by atomic mass is 32.1. The lowest BCUT2D eigenvalue weighted by Gasteiger charge is -2.24. The van der Waals surface area contributed by atoms with Gasteiger partial charge in [-0.05, 0) is 32.9 Å². The molecule has 3 heteroatoms. The van der Waals surface area contributed by atoms with E-state index >= 15 is 0 Å². The molecule has 0 fully saturated rings. The number of benzene rings is 1. The van der Waals surface area contributed by atoms with Gasteiger partial charge in [-0.25, -0.2) is 0 Å². The molecule has 15 heavy (non-hydrogen) atoms. The first kappa shape index (κ1) is 12.0. The maximum Gasteiger partial charge on any atom is 0.106 e. The number of aryl methyl sites for hydroxylation is 1. The summed E-state index contributed by atoms with van der Waals surface area (Å²) in [5, 5.41) is 0. The van der Waals surface area contributed by atoms with E-state index in [-0.39, 0.29) is 0 Å². The van der Waals surface area contributed by atoms with Crippen LogP contribution in [0.25, 0.3) is 0 Å². The minimum absolute atomic E-state index is 0.473. The van der Waals surface area contributed by atoms with E-state index in [1.54, 1.807) is 0 Å². The summed E-state index contributed by atoms with van der Waals surface area (Å²) in [6.45, 7) is 8.25. The van der Waals surface area contributed by atoms with Crippen molar-refractivity contribution in [3.63, 3.8) is 0 Å². The van der Waals surface area contributed by atoms with Crippen LogP contribution in [0.5, 0.6) is 0 Å². The van der Waals surface area contributed by atoms with E-state index in [1.807, 2.05) is 6.92 Å². The van der Waals surface area contributed by atoms with Gasteiger partial charge in [0.2, 0.25) is 0 Å². The molecule has 1 aromatic carbocycles. The molecule has 0 aliphatic heterocycles. The summed E-state index contributed by atoms with van der Waals surface area (Å²) in [5.41, 5.74) is 9.04. The summed E-state index contributed by atoms with van der Waals surface area (Å²) in [6, 6.07) is 6.24. The first-order valence-corrected chi connectivity index (χ1v) is 5.66. The highest BCUT2D eigenvalue weighted by Crippen LogP contribution is 2.21. The van der Waals surface area contributed by atoms with Crippen molar-refractivity contribution in [2.45, 2.75) is 20.8 Å². The lowest BCUT2D eigenvalue weighted by Crippen LogP contribution is -2.25. The van der Waals surface area contributed by atoms with E-state index in [0.29, 0.717) is 4.99 Å². The van der Waals surface area contributed by atoms with Crippen molar-refractivity contribution in [2.75, 3.05) is 18.0 Å². The number of thiocarbonyl (C=S) groups is 1. The van der Waals surface area contributed by atoms with Crippen LogP contribution in [0.4, 0.5) is 5.69 Å². The predicted octanol–water partition coefficient (Wildman–Crippen LogP) is 2.48. The largest absolute Gasteiger partial charge is 0.389 e. The summed E-state index contributed by atoms with van der Waals surface area (Å²) in [7, 11) is 0. The van der Waals surface area contributed by atoms with Gasteiger partial charge < -0.3 is 10.6 Å². The molecule has 0 unspecified atom stereocenters. The third-order valence-electron chi connectivity index (χ3n) is 2.52. The molecular formula is C12H18N2S. The highest BCUT2D eigenvalue weighted by molar-refractivity contribution is 7.80. The second-order valence-electron chi connectivity index (χ2n) is 3.56. The van der Waals surface area contributed by atoms with E-state index in [1.165, 1.54) is 5.56 Å². The summed E-state index contributed by atoms with van der Waals surface area (Å²) in [5.74, 6) is 0. The van der Waals surface area contributed by atoms with Crippen molar-refractivity contribution in [3.05, 3.63) is 29.3 Å². The van der Waals surface area contributed by atoms with Gasteiger partial charge in [-0.2, -0.15) is 0 Å². The van der Waals surface area contributed by atoms with Gasteiger partial charge in [-0.15, -0.1) is 0 Å². The Morgan fingerprint density at radius 1 is 1.33 bits per heavy atom. The molecule has 0 atom stereocenters. The molecule has 0 aromatic heterocycles. The van der Waals surface area contributed by atoms with E-state index < -0.39 is 0 Å². The number of nitrogens with two attached hydrogens (primary N) is 1. The van der Waals surface area contributed by atoms with Gasteiger partial charge in [0.15, 0.2) is 0 Å². The highest BCUT2D eigenvalue weighted by Gasteiger charge is 2.09. The molecule has 0 spiro atoms. The fraction of sp³-hybridized carbons (Fsp3) is 0.417. The molecule has 0 amide bonds. The van der Waals surface area contributed by atoms with Crippen molar-refractivity contribution in [3.8, 4) is 0 Å². The molecule has 2 nitrogen and oxygen atoms in total. The molecule has 0 saturated carbocycles. The van der Waals surface area contributed by atoms with Crippen molar-refractivity contribution in [1.82, 2.24) is 0 Å². The average molecular weight is 222 g/mol. The Morgan fingerprint density at radius 3 is 2.40 bits per heavy atom. The van der Waals surface area contributed by atoms with E-state index in [0.717, 1.165) is 24.3 Å². The zero-order valence-corrected chi connectivity index (χ0v) is 10.4. The third-order valence-corrected chi connectivity index (χ3v) is 2.74. The van der Waals surface area contributed by atoms with Gasteiger partial charge in [0, 0.05) is 24.3 Å². The van der Waals surface area contributed by atoms with Crippen molar-refractivity contribution >= 4 is 22.9 Å². The summed E-state index contributed by atoms with van der Waals surface area (Å²) in [4.78, 5) is 2.73. The van der Waals surface area contributed by atoms with Crippen molar-refractivity contribution in [1.29, 1.82) is 0 Å². The van der Waals surface area contributed by atoms with Gasteiger partial charge in [0.25, 0.3) is 0 Å². The lowest BCUT2D eigenvalue weighted by molar-refractivity contribution is 0.865. The molecule has 2 N–H and O–H groups in total. The first-order valence-electron chi connectivity index (χ1n) is 5.25. The Hall–Kier alpha value is -1.09. The molecule has 0 saturated heterocycles. The minimum atomic E-state index is 0.473. The maximum atomic E-state index is 5.74. The normalized spacial score (nSPS) is 10.1. The second kappa shape index (κ2) is 5.12. The lowest BCUT2D eigenvalue weighted by atomic mass is 10.1. The molecule has 0 aliphatic carbocycles. The molecule has 1 rings (SSSR count). The molecule has 0 bridgehead atoms. The topological polar surface area (TPSA) is 29.3 Å². The Bertz CT molecular complexity index is 357. The number of anilines is 1. The molecule has 82 valence electrons. The van der Waals surface area contributed by atoms with E-state index in [9.17, 15) is 0 Å². The molecule has 0 heterocycles. The Balaban J connectivity index is 3.21. The fourth-order valence-electron chi connectivity index (χ4n) is 1.69. The van der Waals surface area contributed by atoms with Crippen LogP contribution >= 0.6 is 12.2 Å². The third kappa shape index (κ3) is 2.69. The van der Waals surface area contributed by atoms with Crippen LogP contribution in [-0.4, -0.2) is 18.1 Å². The standard InChI is InChI=1S/C12H18N2S/c1-4-14(5-2)11-7-6-9(3)8-10(11)12(13)15/h6-8H,4-5H2,1-3H3,(H2,13,15). The van der Waals surface area contributed by atoms with Crippen LogP contribution < -0.4 is 10.6 Å². The zero-order chi connectivity index (χ0) is 11.4. The van der Waals surface area contributed by atoms with E-state index in [2.05, 4.69) is 36.9 Å². The predicted molar refractivity (Wildman–Crippen MR) is 70.6 cm³/mol. The Morgan fingerprint density at radius 2 is 1.93 bits per heavy atom. The number of hydrogen-bond acceptors (Lipinski definition) is 2. The van der Waals surface area contributed by atoms with Crippen molar-refractivity contribution < 1.29 is 0 Å². The van der Waals surface area contributed by atoms with Crippen LogP contribution in [0.2, 0.25) is 0 Å². The summed E-state index contributed by atoms with van der Waals surface area (Å²) < 4.78 is 0. The maximum absolute atomic E-state index is 5.74. The number of nitrogens with zero attached hydrogens (tertiary/aromatic N) is 1. The van der Waals surface area contributed by atoms with Gasteiger partial charge in [-0.3, -0.25) is 0 Å². The smallest absolute Gasteiger partial charge is 0.106 e. The minimum Gasteiger partial charge on any atom is -0.389 e. The van der Waals surface area contributed by atoms with Crippen LogP contribution in [0.3, 0.4) is 0 Å². The Labute approximate surface area is 97.1 Å². The van der Waals surface area contributed by atoms with Gasteiger partial charge >= 0.3 is 0 Å². The first-order chi connectivity index (χ1) is 7.10. The monoisotopic (exact) mass is 222 g/mol. The van der Waals surface area contributed by atoms with Gasteiger partial charge in [0.05, 0.1) is 0 Å². The van der Waals surface area contributed by atoms with E-state index in [4.69, 9.17) is 18.0 Å². The molecule has 1 aromatic rings. The molecular weight excluding hydrogens is 204 g/mol. The van der Waals surface area contributed by atoms with Crippen LogP contribution in [0.1, 0.15) is 25.0 Å². The van der Waals surface area contributed by atoms with Gasteiger partial charge in [-0.1, -0.05) is 23.8 Å². The average Bonchev–Trinajstić information content (AvgIpc) is 2.21. The summed E-state index contributed by atoms with van der Waals surface area (Å²) in [6.07, 6.45) is 0. The van der Waals surface area contributed by atoms with Crippen molar-refractivity contribution in [2.24, 2.45) is 5.73 Å². The van der Waals surface area contributed by atoms with Gasteiger partial charge in [0.1, 0.15) is 4.99 Å². The number of rotatable bonds is 4. The molecule has 0 aliphatic rings. The SMILES string of the molecule is CCN(CC)c1ccc(C)cc1C(N)=S. The summed E-state index contributed by atoms with van der Waals surface area (Å²) >= 11 is 5.08. The quantitative estimate of drug-likeness (QED) is 0.794. The van der Waals surface area contributed by atoms with Crippen LogP contribution in [-0.2, 0) is 0 Å². The molecule has 0 radical (unpaired) electrons. The Kier molecular flexibility index (Phi) is 4.09. The number of hydrogen-bond donors (Lipinski definition) is 1. The zero-order valence-electron chi connectivity index (χ0n) is 9.58. The second-order valence-corrected chi connectivity index (χ2v) is 4.00. The fourth-order valence-corrected chi connectivity index (χ4v) is 1.85. The van der Waals surface area contributed by atoms with Crippen LogP contribution in [0, 0.1) is 6.92 Å². The van der Waals surface area contributed by atoms with Crippen LogP contribution in [0.15, 0.2) is 18.2 Å².